The van der Waals surface area contributed by atoms with Gasteiger partial charge in [0, 0.05) is 6.42 Å². The number of alkyl halides is 9. The first kappa shape index (κ1) is 32.6. The van der Waals surface area contributed by atoms with Gasteiger partial charge in [-0.2, -0.15) is 59.7 Å². The number of hydrogen-bond acceptors (Lipinski definition) is 2. The second kappa shape index (κ2) is 11.2. The highest BCUT2D eigenvalue weighted by Crippen LogP contribution is 2.45. The van der Waals surface area contributed by atoms with E-state index in [1.54, 1.807) is 13.0 Å². The van der Waals surface area contributed by atoms with Gasteiger partial charge in [-0.1, -0.05) is 42.0 Å². The molecule has 0 amide bonds. The molecule has 0 saturated heterocycles. The lowest BCUT2D eigenvalue weighted by molar-refractivity contribution is -0.143. The predicted octanol–water partition coefficient (Wildman–Crippen LogP) is 7.96. The third kappa shape index (κ3) is 5.41. The molecule has 234 valence electrons. The van der Waals surface area contributed by atoms with Crippen molar-refractivity contribution in [2.45, 2.75) is 38.3 Å². The zero-order valence-corrected chi connectivity index (χ0v) is 23.7. The standard InChI is InChI=1S/C34H15F9N4/c1-16-6-4-7-17(10-16)26-24(31(46-2)47-3)13-23-28(26)29(33(38,39)40)22-12-21(19(14-44)15-45)25(27(22)30(23)34(41,42)43)18-8-5-9-20(11-18)32(35,36)37/h4-11H,12-13H2,1H3. The Hall–Kier alpha value is -5.79. The Morgan fingerprint density at radius 2 is 1.15 bits per heavy atom. The summed E-state index contributed by atoms with van der Waals surface area (Å²) in [6, 6.07) is 11.5. The Morgan fingerprint density at radius 1 is 0.681 bits per heavy atom. The van der Waals surface area contributed by atoms with E-state index in [-0.39, 0.29) is 11.1 Å². The van der Waals surface area contributed by atoms with Gasteiger partial charge in [0.15, 0.2) is 0 Å². The van der Waals surface area contributed by atoms with Gasteiger partial charge in [-0.05, 0) is 74.9 Å². The van der Waals surface area contributed by atoms with Crippen molar-refractivity contribution in [1.82, 2.24) is 0 Å². The Morgan fingerprint density at radius 3 is 1.60 bits per heavy atom. The molecule has 0 aliphatic heterocycles. The van der Waals surface area contributed by atoms with Crippen LogP contribution in [0, 0.1) is 42.7 Å². The summed E-state index contributed by atoms with van der Waals surface area (Å²) in [5, 5.41) is 17.3. The van der Waals surface area contributed by atoms with Crippen LogP contribution in [0.1, 0.15) is 44.5 Å². The molecule has 2 aliphatic rings. The first-order chi connectivity index (χ1) is 22.0. The topological polar surface area (TPSA) is 56.3 Å². The molecule has 13 heteroatoms. The second-order valence-corrected chi connectivity index (χ2v) is 10.6. The molecule has 0 radical (unpaired) electrons. The number of fused-ring (bicyclic) bond motifs is 2. The molecule has 0 heterocycles. The lowest BCUT2D eigenvalue weighted by Crippen LogP contribution is -2.36. The van der Waals surface area contributed by atoms with Crippen LogP contribution < -0.4 is 10.4 Å². The van der Waals surface area contributed by atoms with Crippen LogP contribution in [0.25, 0.3) is 20.8 Å². The second-order valence-electron chi connectivity index (χ2n) is 10.6. The van der Waals surface area contributed by atoms with Crippen molar-refractivity contribution in [3.8, 4) is 12.1 Å². The number of halogens is 9. The average molecular weight is 651 g/mol. The van der Waals surface area contributed by atoms with Gasteiger partial charge in [-0.25, -0.2) is 0 Å². The fraction of sp³-hybridized carbons (Fsp3) is 0.176. The average Bonchev–Trinajstić information content (AvgIpc) is 3.54. The quantitative estimate of drug-likeness (QED) is 0.161. The van der Waals surface area contributed by atoms with Gasteiger partial charge in [0.25, 0.3) is 0 Å². The predicted molar refractivity (Wildman–Crippen MR) is 149 cm³/mol. The molecule has 2 aliphatic carbocycles. The summed E-state index contributed by atoms with van der Waals surface area (Å²) in [5.74, 6) is -0.752. The number of allylic oxidation sites excluding steroid dienone is 3. The van der Waals surface area contributed by atoms with Crippen molar-refractivity contribution >= 4 is 11.1 Å². The zero-order chi connectivity index (χ0) is 34.6. The number of nitriles is 2. The minimum absolute atomic E-state index is 0.00714. The summed E-state index contributed by atoms with van der Waals surface area (Å²) in [7, 11) is 0. The maximum Gasteiger partial charge on any atom is 0.523 e. The van der Waals surface area contributed by atoms with Crippen molar-refractivity contribution in [3.63, 3.8) is 0 Å². The van der Waals surface area contributed by atoms with Crippen LogP contribution in [0.15, 0.2) is 71.1 Å². The zero-order valence-electron chi connectivity index (χ0n) is 23.7. The fourth-order valence-electron chi connectivity index (χ4n) is 6.23. The summed E-state index contributed by atoms with van der Waals surface area (Å²) < 4.78 is 133. The normalized spacial score (nSPS) is 14.2. The van der Waals surface area contributed by atoms with Crippen LogP contribution in [0.5, 0.6) is 0 Å². The largest absolute Gasteiger partial charge is 0.523 e. The number of aryl methyl sites for hydroxylation is 1. The van der Waals surface area contributed by atoms with E-state index < -0.39 is 103 Å². The van der Waals surface area contributed by atoms with E-state index >= 15 is 26.3 Å². The number of hydrogen-bond donors (Lipinski definition) is 0. The van der Waals surface area contributed by atoms with Crippen LogP contribution in [-0.4, -0.2) is 0 Å². The van der Waals surface area contributed by atoms with Gasteiger partial charge in [-0.3, -0.25) is 0 Å². The molecule has 47 heavy (non-hydrogen) atoms. The first-order valence-electron chi connectivity index (χ1n) is 13.3. The fourth-order valence-corrected chi connectivity index (χ4v) is 6.23. The van der Waals surface area contributed by atoms with Gasteiger partial charge < -0.3 is 0 Å². The van der Waals surface area contributed by atoms with Gasteiger partial charge in [-0.15, -0.1) is 0 Å². The minimum atomic E-state index is -5.43. The van der Waals surface area contributed by atoms with E-state index in [1.807, 2.05) is 0 Å². The smallest absolute Gasteiger partial charge is 0.192 e. The third-order valence-corrected chi connectivity index (χ3v) is 7.88. The highest BCUT2D eigenvalue weighted by molar-refractivity contribution is 5.90. The van der Waals surface area contributed by atoms with Gasteiger partial charge in [0.2, 0.25) is 0 Å². The van der Waals surface area contributed by atoms with E-state index in [4.69, 9.17) is 13.1 Å². The highest BCUT2D eigenvalue weighted by atomic mass is 19.4. The van der Waals surface area contributed by atoms with Crippen LogP contribution in [0.2, 0.25) is 0 Å². The minimum Gasteiger partial charge on any atom is -0.192 e. The molecule has 0 bridgehead atoms. The molecular formula is C34H15F9N4. The number of rotatable bonds is 2. The van der Waals surface area contributed by atoms with Crippen molar-refractivity contribution in [2.75, 3.05) is 0 Å². The molecule has 0 spiro atoms. The van der Waals surface area contributed by atoms with Crippen molar-refractivity contribution < 1.29 is 39.5 Å². The van der Waals surface area contributed by atoms with Crippen LogP contribution in [-0.2, 0) is 31.4 Å². The Labute approximate surface area is 260 Å². The maximum absolute atomic E-state index is 15.3. The summed E-state index contributed by atoms with van der Waals surface area (Å²) in [6.45, 7) is 16.5. The van der Waals surface area contributed by atoms with Gasteiger partial charge in [0.1, 0.15) is 30.9 Å². The van der Waals surface area contributed by atoms with E-state index in [0.29, 0.717) is 17.7 Å². The summed E-state index contributed by atoms with van der Waals surface area (Å²) in [5.41, 5.74) is -9.53. The first-order valence-corrected chi connectivity index (χ1v) is 13.3. The molecule has 0 atom stereocenters. The SMILES string of the molecule is [C-]#[N+]C([N+]#[C-])=C1Cc2c(C(F)(F)F)c3c(c(C(F)(F)F)c2=C1c1cccc(C)c1)CC(=C(C#N)C#N)C=3c1cccc(C(F)(F)F)c1. The Bertz CT molecular complexity index is 2220. The third-order valence-electron chi connectivity index (χ3n) is 7.88. The van der Waals surface area contributed by atoms with E-state index in [2.05, 4.69) is 9.69 Å². The maximum atomic E-state index is 15.3. The summed E-state index contributed by atoms with van der Waals surface area (Å²) in [4.78, 5) is 6.17. The van der Waals surface area contributed by atoms with Crippen molar-refractivity contribution in [3.05, 3.63) is 149 Å². The highest BCUT2D eigenvalue weighted by Gasteiger charge is 2.48. The van der Waals surface area contributed by atoms with Crippen molar-refractivity contribution in [2.24, 2.45) is 0 Å². The molecule has 0 unspecified atom stereocenters. The number of benzene rings is 3. The molecule has 4 nitrogen and oxygen atoms in total. The van der Waals surface area contributed by atoms with Crippen LogP contribution in [0.4, 0.5) is 39.5 Å². The Kier molecular flexibility index (Phi) is 7.79. The van der Waals surface area contributed by atoms with Gasteiger partial charge in [0.05, 0.1) is 22.3 Å². The molecule has 0 aromatic heterocycles. The summed E-state index contributed by atoms with van der Waals surface area (Å²) >= 11 is 0. The monoisotopic (exact) mass is 650 g/mol. The Balaban J connectivity index is 2.20. The molecule has 3 aromatic carbocycles. The molecule has 0 N–H and O–H groups in total. The lowest BCUT2D eigenvalue weighted by atomic mass is 9.90. The number of nitrogens with zero attached hydrogens (tertiary/aromatic N) is 4. The van der Waals surface area contributed by atoms with E-state index in [9.17, 15) is 23.7 Å². The van der Waals surface area contributed by atoms with Crippen LogP contribution >= 0.6 is 0 Å². The van der Waals surface area contributed by atoms with Gasteiger partial charge >= 0.3 is 24.3 Å². The van der Waals surface area contributed by atoms with E-state index in [1.165, 1.54) is 30.3 Å². The molecule has 3 aromatic rings. The lowest BCUT2D eigenvalue weighted by Gasteiger charge is -2.19. The molecular weight excluding hydrogens is 635 g/mol. The van der Waals surface area contributed by atoms with Crippen LogP contribution in [0.3, 0.4) is 0 Å². The molecule has 0 saturated carbocycles. The molecule has 5 rings (SSSR count). The molecule has 0 fully saturated rings. The summed E-state index contributed by atoms with van der Waals surface area (Å²) in [6.07, 6.45) is -17.8. The van der Waals surface area contributed by atoms with Crippen molar-refractivity contribution in [1.29, 1.82) is 10.5 Å². The van der Waals surface area contributed by atoms with E-state index in [0.717, 1.165) is 12.1 Å².